The van der Waals surface area contributed by atoms with E-state index in [4.69, 9.17) is 15.7 Å². The number of aromatic nitrogens is 5. The van der Waals surface area contributed by atoms with Gasteiger partial charge in [0.25, 0.3) is 0 Å². The molecule has 5 heterocycles. The summed E-state index contributed by atoms with van der Waals surface area (Å²) < 4.78 is 2.06. The van der Waals surface area contributed by atoms with E-state index in [1.54, 1.807) is 17.5 Å². The number of rotatable bonds is 7. The molecule has 1 fully saturated rings. The Morgan fingerprint density at radius 3 is 2.78 bits per heavy atom. The first kappa shape index (κ1) is 20.8. The van der Waals surface area contributed by atoms with Crippen molar-refractivity contribution in [3.63, 3.8) is 0 Å². The maximum absolute atomic E-state index is 5.84. The van der Waals surface area contributed by atoms with E-state index in [0.717, 1.165) is 55.5 Å². The summed E-state index contributed by atoms with van der Waals surface area (Å²) in [6, 6.07) is 4.10. The molecule has 1 aliphatic rings. The van der Waals surface area contributed by atoms with Gasteiger partial charge >= 0.3 is 0 Å². The maximum atomic E-state index is 5.84. The molecule has 0 spiro atoms. The quantitative estimate of drug-likeness (QED) is 0.444. The first-order chi connectivity index (χ1) is 15.7. The highest BCUT2D eigenvalue weighted by Crippen LogP contribution is 2.27. The van der Waals surface area contributed by atoms with Crippen LogP contribution in [-0.4, -0.2) is 69.0 Å². The van der Waals surface area contributed by atoms with Gasteiger partial charge < -0.3 is 20.9 Å². The minimum Gasteiger partial charge on any atom is -0.351 e. The largest absolute Gasteiger partial charge is 0.351 e. The average Bonchev–Trinajstić information content (AvgIpc) is 3.50. The van der Waals surface area contributed by atoms with Crippen LogP contribution in [0.25, 0.3) is 17.0 Å². The van der Waals surface area contributed by atoms with Crippen molar-refractivity contribution >= 4 is 28.8 Å². The Bertz CT molecular complexity index is 1170. The topological polar surface area (TPSA) is 100 Å². The summed E-state index contributed by atoms with van der Waals surface area (Å²) in [7, 11) is 2.15. The van der Waals surface area contributed by atoms with Crippen molar-refractivity contribution in [2.45, 2.75) is 12.5 Å². The number of piperazine rings is 1. The van der Waals surface area contributed by atoms with Crippen LogP contribution in [0.2, 0.25) is 0 Å². The first-order valence-corrected chi connectivity index (χ1v) is 11.7. The van der Waals surface area contributed by atoms with Gasteiger partial charge in [0, 0.05) is 44.8 Å². The molecule has 9 nitrogen and oxygen atoms in total. The summed E-state index contributed by atoms with van der Waals surface area (Å²) in [5.74, 6) is 1.50. The minimum absolute atomic E-state index is 0.0803. The van der Waals surface area contributed by atoms with Gasteiger partial charge in [-0.25, -0.2) is 19.9 Å². The molecule has 166 valence electrons. The van der Waals surface area contributed by atoms with Crippen molar-refractivity contribution in [2.24, 2.45) is 5.73 Å². The van der Waals surface area contributed by atoms with Crippen LogP contribution in [0.4, 0.5) is 11.8 Å². The standard InChI is InChI=1S/C22H27N9S/c1-29-9-11-30(12-10-29)20-21-26-14-19(31(21)8-7-24-20)18-3-6-25-22(28-18)27-17(2-5-23)16-4-13-32-15-16/h3-4,6-8,13-15,17H,2,5,9-12,23H2,1H3,(H,25,27,28). The number of nitrogens with zero attached hydrogens (tertiary/aromatic N) is 7. The molecule has 1 atom stereocenters. The maximum Gasteiger partial charge on any atom is 0.223 e. The van der Waals surface area contributed by atoms with Crippen molar-refractivity contribution in [2.75, 3.05) is 50.0 Å². The predicted molar refractivity (Wildman–Crippen MR) is 128 cm³/mol. The summed E-state index contributed by atoms with van der Waals surface area (Å²) in [5.41, 5.74) is 9.61. The van der Waals surface area contributed by atoms with Gasteiger partial charge in [0.1, 0.15) is 0 Å². The number of fused-ring (bicyclic) bond motifs is 1. The summed E-state index contributed by atoms with van der Waals surface area (Å²) in [5, 5.41) is 7.65. The molecule has 1 unspecified atom stereocenters. The number of hydrogen-bond acceptors (Lipinski definition) is 9. The second kappa shape index (κ2) is 9.19. The van der Waals surface area contributed by atoms with Crippen molar-refractivity contribution < 1.29 is 0 Å². The van der Waals surface area contributed by atoms with Gasteiger partial charge in [0.15, 0.2) is 11.5 Å². The van der Waals surface area contributed by atoms with Gasteiger partial charge in [-0.2, -0.15) is 11.3 Å². The monoisotopic (exact) mass is 449 g/mol. The third kappa shape index (κ3) is 4.16. The molecule has 0 aromatic carbocycles. The zero-order valence-corrected chi connectivity index (χ0v) is 18.9. The fraction of sp³-hybridized carbons (Fsp3) is 0.364. The summed E-state index contributed by atoms with van der Waals surface area (Å²) in [6.07, 6.45) is 8.22. The highest BCUT2D eigenvalue weighted by atomic mass is 32.1. The van der Waals surface area contributed by atoms with Crippen LogP contribution < -0.4 is 16.0 Å². The lowest BCUT2D eigenvalue weighted by atomic mass is 10.1. The number of thiophene rings is 1. The number of imidazole rings is 1. The van der Waals surface area contributed by atoms with E-state index in [-0.39, 0.29) is 6.04 Å². The lowest BCUT2D eigenvalue weighted by molar-refractivity contribution is 0.312. The van der Waals surface area contributed by atoms with Crippen LogP contribution in [0.15, 0.2) is 47.7 Å². The minimum atomic E-state index is 0.0803. The smallest absolute Gasteiger partial charge is 0.223 e. The van der Waals surface area contributed by atoms with Crippen LogP contribution in [0.5, 0.6) is 0 Å². The van der Waals surface area contributed by atoms with Gasteiger partial charge in [-0.15, -0.1) is 0 Å². The summed E-state index contributed by atoms with van der Waals surface area (Å²) in [4.78, 5) is 23.2. The van der Waals surface area contributed by atoms with Gasteiger partial charge in [-0.3, -0.25) is 4.40 Å². The molecule has 0 saturated carbocycles. The summed E-state index contributed by atoms with van der Waals surface area (Å²) >= 11 is 1.67. The lowest BCUT2D eigenvalue weighted by Crippen LogP contribution is -2.45. The molecule has 0 aliphatic carbocycles. The van der Waals surface area contributed by atoms with Crippen molar-refractivity contribution in [3.8, 4) is 11.4 Å². The van der Waals surface area contributed by atoms with E-state index in [0.29, 0.717) is 12.5 Å². The van der Waals surface area contributed by atoms with Crippen LogP contribution in [0.3, 0.4) is 0 Å². The fourth-order valence-electron chi connectivity index (χ4n) is 4.03. The molecule has 1 aliphatic heterocycles. The van der Waals surface area contributed by atoms with Crippen LogP contribution in [0, 0.1) is 0 Å². The molecule has 10 heteroatoms. The van der Waals surface area contributed by atoms with Gasteiger partial charge in [0.05, 0.1) is 23.6 Å². The Labute approximate surface area is 191 Å². The predicted octanol–water partition coefficient (Wildman–Crippen LogP) is 2.50. The molecule has 1 saturated heterocycles. The first-order valence-electron chi connectivity index (χ1n) is 10.8. The molecule has 0 amide bonds. The second-order valence-corrected chi connectivity index (χ2v) is 8.75. The van der Waals surface area contributed by atoms with Crippen molar-refractivity contribution in [3.05, 3.63) is 53.2 Å². The Balaban J connectivity index is 1.44. The zero-order chi connectivity index (χ0) is 21.9. The molecule has 0 radical (unpaired) electrons. The van der Waals surface area contributed by atoms with Crippen LogP contribution >= 0.6 is 11.3 Å². The van der Waals surface area contributed by atoms with Crippen LogP contribution in [-0.2, 0) is 0 Å². The molecule has 3 N–H and O–H groups in total. The van der Waals surface area contributed by atoms with Gasteiger partial charge in [0.2, 0.25) is 5.95 Å². The fourth-order valence-corrected chi connectivity index (χ4v) is 4.74. The number of nitrogens with two attached hydrogens (primary N) is 1. The number of anilines is 2. The van der Waals surface area contributed by atoms with Crippen LogP contribution in [0.1, 0.15) is 18.0 Å². The Morgan fingerprint density at radius 1 is 1.12 bits per heavy atom. The summed E-state index contributed by atoms with van der Waals surface area (Å²) in [6.45, 7) is 4.51. The molecular weight excluding hydrogens is 422 g/mol. The molecule has 4 aromatic heterocycles. The Morgan fingerprint density at radius 2 is 2.00 bits per heavy atom. The third-order valence-corrected chi connectivity index (χ3v) is 6.54. The van der Waals surface area contributed by atoms with E-state index in [9.17, 15) is 0 Å². The molecule has 32 heavy (non-hydrogen) atoms. The normalized spacial score (nSPS) is 15.9. The van der Waals surface area contributed by atoms with Gasteiger partial charge in [-0.1, -0.05) is 0 Å². The van der Waals surface area contributed by atoms with E-state index in [1.807, 2.05) is 24.7 Å². The highest BCUT2D eigenvalue weighted by Gasteiger charge is 2.20. The zero-order valence-electron chi connectivity index (χ0n) is 18.1. The van der Waals surface area contributed by atoms with E-state index in [1.165, 1.54) is 5.56 Å². The van der Waals surface area contributed by atoms with E-state index >= 15 is 0 Å². The SMILES string of the molecule is CN1CCN(c2nccn3c(-c4ccnc(NC(CCN)c5ccsc5)n4)cnc23)CC1. The number of likely N-dealkylation sites (N-methyl/N-ethyl adjacent to an activating group) is 1. The lowest BCUT2D eigenvalue weighted by Gasteiger charge is -2.33. The Hall–Kier alpha value is -3.08. The molecule has 4 aromatic rings. The molecular formula is C22H27N9S. The Kier molecular flexibility index (Phi) is 5.97. The third-order valence-electron chi connectivity index (χ3n) is 5.83. The van der Waals surface area contributed by atoms with E-state index in [2.05, 4.69) is 53.4 Å². The number of nitrogens with one attached hydrogen (secondary N) is 1. The van der Waals surface area contributed by atoms with Crippen molar-refractivity contribution in [1.29, 1.82) is 0 Å². The molecule has 0 bridgehead atoms. The van der Waals surface area contributed by atoms with Crippen molar-refractivity contribution in [1.82, 2.24) is 29.2 Å². The average molecular weight is 450 g/mol. The van der Waals surface area contributed by atoms with E-state index < -0.39 is 0 Å². The number of hydrogen-bond donors (Lipinski definition) is 2. The molecule has 5 rings (SSSR count). The highest BCUT2D eigenvalue weighted by molar-refractivity contribution is 7.08. The second-order valence-electron chi connectivity index (χ2n) is 7.97. The van der Waals surface area contributed by atoms with Gasteiger partial charge in [-0.05, 0) is 48.5 Å².